The minimum absolute atomic E-state index is 0.254. The van der Waals surface area contributed by atoms with E-state index >= 15 is 0 Å². The molecular formula is C23H21NO6S2. The van der Waals surface area contributed by atoms with Gasteiger partial charge in [-0.15, -0.1) is 11.3 Å². The zero-order chi connectivity index (χ0) is 22.7. The lowest BCUT2D eigenvalue weighted by Gasteiger charge is -2.26. The third kappa shape index (κ3) is 5.07. The van der Waals surface area contributed by atoms with Crippen LogP contribution in [-0.4, -0.2) is 39.6 Å². The molecule has 1 aliphatic rings. The average Bonchev–Trinajstić information content (AvgIpc) is 3.23. The summed E-state index contributed by atoms with van der Waals surface area (Å²) in [5, 5.41) is 0. The highest BCUT2D eigenvalue weighted by Gasteiger charge is 2.34. The van der Waals surface area contributed by atoms with E-state index in [1.54, 1.807) is 24.3 Å². The summed E-state index contributed by atoms with van der Waals surface area (Å²) in [5.41, 5.74) is 1.39. The van der Waals surface area contributed by atoms with E-state index in [0.29, 0.717) is 33.9 Å². The van der Waals surface area contributed by atoms with Crippen LogP contribution in [0.3, 0.4) is 0 Å². The maximum absolute atomic E-state index is 13.0. The summed E-state index contributed by atoms with van der Waals surface area (Å²) in [4.78, 5) is 26.9. The number of benzene rings is 2. The minimum Gasteiger partial charge on any atom is -0.457 e. The Morgan fingerprint density at radius 3 is 2.25 bits per heavy atom. The Morgan fingerprint density at radius 1 is 1.00 bits per heavy atom. The molecular weight excluding hydrogens is 450 g/mol. The van der Waals surface area contributed by atoms with Gasteiger partial charge in [0.05, 0.1) is 11.1 Å². The predicted molar refractivity (Wildman–Crippen MR) is 121 cm³/mol. The Labute approximate surface area is 190 Å². The van der Waals surface area contributed by atoms with Crippen molar-refractivity contribution in [1.29, 1.82) is 0 Å². The van der Waals surface area contributed by atoms with E-state index < -0.39 is 21.9 Å². The summed E-state index contributed by atoms with van der Waals surface area (Å²) in [7, 11) is -3.25. The monoisotopic (exact) mass is 471 g/mol. The number of ketones is 1. The number of fused-ring (bicyclic) bond motifs is 2. The van der Waals surface area contributed by atoms with E-state index in [4.69, 9.17) is 9.47 Å². The molecule has 1 N–H and O–H groups in total. The van der Waals surface area contributed by atoms with Gasteiger partial charge >= 0.3 is 5.97 Å². The van der Waals surface area contributed by atoms with E-state index in [0.717, 1.165) is 11.1 Å². The first-order valence-corrected chi connectivity index (χ1v) is 12.6. The molecule has 0 amide bonds. The number of carbonyl (C=O) groups is 2. The largest absolute Gasteiger partial charge is 0.457 e. The van der Waals surface area contributed by atoms with Gasteiger partial charge in [-0.3, -0.25) is 9.59 Å². The van der Waals surface area contributed by atoms with Crippen molar-refractivity contribution in [1.82, 2.24) is 4.72 Å². The molecule has 2 heterocycles. The number of sulfonamides is 1. The number of Topliss-reactive ketones (excluding diaryl/α,β-unsaturated/α-hetero) is 1. The maximum atomic E-state index is 13.0. The zero-order valence-corrected chi connectivity index (χ0v) is 18.9. The van der Waals surface area contributed by atoms with Gasteiger partial charge in [-0.1, -0.05) is 36.4 Å². The van der Waals surface area contributed by atoms with Crippen LogP contribution in [0.4, 0.5) is 0 Å². The molecule has 7 nitrogen and oxygen atoms in total. The van der Waals surface area contributed by atoms with Crippen LogP contribution in [0.15, 0.2) is 60.7 Å². The van der Waals surface area contributed by atoms with Gasteiger partial charge in [0.25, 0.3) is 0 Å². The van der Waals surface area contributed by atoms with Gasteiger partial charge in [0.1, 0.15) is 17.4 Å². The molecule has 4 rings (SSSR count). The van der Waals surface area contributed by atoms with Crippen molar-refractivity contribution >= 4 is 33.1 Å². The van der Waals surface area contributed by atoms with Crippen molar-refractivity contribution in [2.45, 2.75) is 12.3 Å². The highest BCUT2D eigenvalue weighted by Crippen LogP contribution is 2.44. The standard InChI is InChI=1S/C23H21NO6S2/c1-32(27,28)24-13-12-15-10-11-21(31-15)18(25)14-29-23(26)22-16-6-2-4-8-19(16)30-20-9-5-3-7-17(20)22/h2-11,22,24H,12-14H2,1H3. The molecule has 0 saturated carbocycles. The first-order chi connectivity index (χ1) is 15.3. The number of ether oxygens (including phenoxy) is 2. The third-order valence-corrected chi connectivity index (χ3v) is 6.85. The van der Waals surface area contributed by atoms with Crippen molar-refractivity contribution in [2.24, 2.45) is 0 Å². The number of nitrogens with one attached hydrogen (secondary N) is 1. The predicted octanol–water partition coefficient (Wildman–Crippen LogP) is 3.50. The molecule has 9 heteroatoms. The highest BCUT2D eigenvalue weighted by molar-refractivity contribution is 7.88. The summed E-state index contributed by atoms with van der Waals surface area (Å²) in [6.45, 7) is -0.118. The number of carbonyl (C=O) groups excluding carboxylic acids is 2. The lowest BCUT2D eigenvalue weighted by Crippen LogP contribution is -2.24. The van der Waals surface area contributed by atoms with Gasteiger partial charge < -0.3 is 9.47 Å². The number of hydrogen-bond acceptors (Lipinski definition) is 7. The number of esters is 1. The van der Waals surface area contributed by atoms with E-state index in [9.17, 15) is 18.0 Å². The molecule has 0 bridgehead atoms. The minimum atomic E-state index is -3.25. The van der Waals surface area contributed by atoms with Gasteiger partial charge in [-0.25, -0.2) is 13.1 Å². The molecule has 0 aliphatic carbocycles. The normalized spacial score (nSPS) is 13.0. The summed E-state index contributed by atoms with van der Waals surface area (Å²) in [6, 6.07) is 18.0. The highest BCUT2D eigenvalue weighted by atomic mass is 32.2. The van der Waals surface area contributed by atoms with Gasteiger partial charge in [0, 0.05) is 22.5 Å². The zero-order valence-electron chi connectivity index (χ0n) is 17.2. The molecule has 1 aliphatic heterocycles. The lowest BCUT2D eigenvalue weighted by molar-refractivity contribution is -0.143. The van der Waals surface area contributed by atoms with Crippen molar-refractivity contribution in [3.63, 3.8) is 0 Å². The molecule has 2 aromatic carbocycles. The van der Waals surface area contributed by atoms with Crippen molar-refractivity contribution in [3.8, 4) is 11.5 Å². The van der Waals surface area contributed by atoms with Crippen LogP contribution < -0.4 is 9.46 Å². The maximum Gasteiger partial charge on any atom is 0.318 e. The van der Waals surface area contributed by atoms with Crippen LogP contribution in [0.5, 0.6) is 11.5 Å². The first kappa shape index (κ1) is 22.2. The average molecular weight is 472 g/mol. The van der Waals surface area contributed by atoms with Crippen LogP contribution in [0.25, 0.3) is 0 Å². The van der Waals surface area contributed by atoms with Gasteiger partial charge in [-0.05, 0) is 30.7 Å². The topological polar surface area (TPSA) is 98.8 Å². The van der Waals surface area contributed by atoms with Gasteiger partial charge in [0.15, 0.2) is 6.61 Å². The quantitative estimate of drug-likeness (QED) is 0.399. The molecule has 0 fully saturated rings. The second kappa shape index (κ2) is 9.23. The van der Waals surface area contributed by atoms with Crippen LogP contribution in [-0.2, 0) is 26.0 Å². The number of rotatable bonds is 8. The summed E-state index contributed by atoms with van der Waals surface area (Å²) in [5.74, 6) is -0.324. The molecule has 32 heavy (non-hydrogen) atoms. The third-order valence-electron chi connectivity index (χ3n) is 4.93. The van der Waals surface area contributed by atoms with Crippen LogP contribution in [0.2, 0.25) is 0 Å². The second-order valence-corrected chi connectivity index (χ2v) is 10.3. The fraction of sp³-hybridized carbons (Fsp3) is 0.217. The Balaban J connectivity index is 1.42. The van der Waals surface area contributed by atoms with E-state index in [-0.39, 0.29) is 18.9 Å². The lowest BCUT2D eigenvalue weighted by atomic mass is 9.88. The molecule has 0 unspecified atom stereocenters. The van der Waals surface area contributed by atoms with E-state index in [1.807, 2.05) is 36.4 Å². The first-order valence-electron chi connectivity index (χ1n) is 9.91. The van der Waals surface area contributed by atoms with E-state index in [1.165, 1.54) is 11.3 Å². The van der Waals surface area contributed by atoms with Crippen LogP contribution in [0.1, 0.15) is 31.6 Å². The molecule has 166 valence electrons. The SMILES string of the molecule is CS(=O)(=O)NCCc1ccc(C(=O)COC(=O)C2c3ccccc3Oc3ccccc32)s1. The van der Waals surface area contributed by atoms with Crippen molar-refractivity contribution in [3.05, 3.63) is 81.5 Å². The summed E-state index contributed by atoms with van der Waals surface area (Å²) >= 11 is 1.26. The van der Waals surface area contributed by atoms with Crippen molar-refractivity contribution in [2.75, 3.05) is 19.4 Å². The Morgan fingerprint density at radius 2 is 1.62 bits per heavy atom. The Bertz CT molecular complexity index is 1220. The van der Waals surface area contributed by atoms with Gasteiger partial charge in [0.2, 0.25) is 15.8 Å². The molecule has 0 spiro atoms. The van der Waals surface area contributed by atoms with Gasteiger partial charge in [-0.2, -0.15) is 0 Å². The number of thiophene rings is 1. The molecule has 0 atom stereocenters. The Kier molecular flexibility index (Phi) is 6.40. The number of para-hydroxylation sites is 2. The Hall–Kier alpha value is -3.01. The second-order valence-electron chi connectivity index (χ2n) is 7.32. The van der Waals surface area contributed by atoms with Crippen LogP contribution >= 0.6 is 11.3 Å². The van der Waals surface area contributed by atoms with Crippen molar-refractivity contribution < 1.29 is 27.5 Å². The molecule has 3 aromatic rings. The fourth-order valence-electron chi connectivity index (χ4n) is 3.48. The van der Waals surface area contributed by atoms with Crippen LogP contribution in [0, 0.1) is 0 Å². The molecule has 1 aromatic heterocycles. The smallest absolute Gasteiger partial charge is 0.318 e. The fourth-order valence-corrected chi connectivity index (χ4v) is 4.88. The summed E-state index contributed by atoms with van der Waals surface area (Å²) in [6.07, 6.45) is 1.57. The number of hydrogen-bond donors (Lipinski definition) is 1. The molecule has 0 saturated heterocycles. The molecule has 0 radical (unpaired) electrons. The van der Waals surface area contributed by atoms with E-state index in [2.05, 4.69) is 4.72 Å². The summed E-state index contributed by atoms with van der Waals surface area (Å²) < 4.78 is 36.0.